The number of hydrogen-bond acceptors (Lipinski definition) is 5. The lowest BCUT2D eigenvalue weighted by Gasteiger charge is -2.30. The Labute approximate surface area is 158 Å². The minimum atomic E-state index is -5.10. The van der Waals surface area contributed by atoms with Gasteiger partial charge in [-0.05, 0) is 44.2 Å². The van der Waals surface area contributed by atoms with Gasteiger partial charge in [-0.2, -0.15) is 13.2 Å². The summed E-state index contributed by atoms with van der Waals surface area (Å²) in [5.74, 6) is -0.744. The van der Waals surface area contributed by atoms with Gasteiger partial charge in [0, 0.05) is 17.7 Å². The Kier molecular flexibility index (Phi) is 4.71. The molecule has 0 unspecified atom stereocenters. The Morgan fingerprint density at radius 3 is 2.43 bits per heavy atom. The molecule has 2 heterocycles. The largest absolute Gasteiger partial charge is 0.490 e. The molecule has 1 aliphatic heterocycles. The second kappa shape index (κ2) is 6.52. The first-order chi connectivity index (χ1) is 12.9. The van der Waals surface area contributed by atoms with Crippen molar-refractivity contribution in [2.75, 3.05) is 13.2 Å². The van der Waals surface area contributed by atoms with Crippen LogP contribution >= 0.6 is 0 Å². The molecule has 3 N–H and O–H groups in total. The summed E-state index contributed by atoms with van der Waals surface area (Å²) in [5, 5.41) is 10.3. The number of nitrogens with two attached hydrogens (primary N) is 1. The minimum Gasteiger partial charge on any atom is -0.490 e. The predicted octanol–water partition coefficient (Wildman–Crippen LogP) is 2.84. The molecule has 0 saturated heterocycles. The van der Waals surface area contributed by atoms with Crippen molar-refractivity contribution < 1.29 is 32.2 Å². The molecule has 1 aromatic heterocycles. The van der Waals surface area contributed by atoms with Crippen molar-refractivity contribution in [2.45, 2.75) is 31.0 Å². The molecule has 2 atom stereocenters. The van der Waals surface area contributed by atoms with Crippen LogP contribution < -0.4 is 10.5 Å². The van der Waals surface area contributed by atoms with Crippen molar-refractivity contribution in [3.05, 3.63) is 47.4 Å². The van der Waals surface area contributed by atoms with E-state index in [-0.39, 0.29) is 35.0 Å². The third-order valence-corrected chi connectivity index (χ3v) is 5.16. The number of carbonyl (C=O) groups excluding carboxylic acids is 1. The smallest absolute Gasteiger partial charge is 0.424 e. The molecule has 9 heteroatoms. The van der Waals surface area contributed by atoms with Crippen LogP contribution in [0.1, 0.15) is 25.1 Å². The van der Waals surface area contributed by atoms with Crippen molar-refractivity contribution in [3.8, 4) is 17.0 Å². The Morgan fingerprint density at radius 2 is 1.93 bits per heavy atom. The van der Waals surface area contributed by atoms with Crippen molar-refractivity contribution >= 4 is 5.78 Å². The van der Waals surface area contributed by atoms with Crippen LogP contribution in [0, 0.1) is 5.82 Å². The van der Waals surface area contributed by atoms with Gasteiger partial charge in [0.05, 0.1) is 11.1 Å². The van der Waals surface area contributed by atoms with E-state index in [4.69, 9.17) is 10.5 Å². The quantitative estimate of drug-likeness (QED) is 0.774. The van der Waals surface area contributed by atoms with Gasteiger partial charge in [0.2, 0.25) is 5.60 Å². The average Bonchev–Trinajstić information content (AvgIpc) is 2.98. The summed E-state index contributed by atoms with van der Waals surface area (Å²) in [6, 6.07) is 5.90. The number of ether oxygens (including phenoxy) is 1. The molecular weight excluding hydrogens is 380 g/mol. The number of Topliss-reactive ketones (excluding diaryl/α,β-unsaturated/α-hetero) is 1. The van der Waals surface area contributed by atoms with E-state index in [0.717, 1.165) is 18.2 Å². The van der Waals surface area contributed by atoms with Gasteiger partial charge in [-0.25, -0.2) is 9.37 Å². The summed E-state index contributed by atoms with van der Waals surface area (Å²) in [6.07, 6.45) is -5.10. The molecule has 2 aromatic rings. The summed E-state index contributed by atoms with van der Waals surface area (Å²) < 4.78 is 59.6. The zero-order chi connectivity index (χ0) is 20.9. The second-order valence-electron chi connectivity index (χ2n) is 6.98. The fourth-order valence-corrected chi connectivity index (χ4v) is 3.06. The number of rotatable bonds is 4. The molecule has 1 aromatic carbocycles. The minimum absolute atomic E-state index is 0.0337. The molecule has 0 saturated carbocycles. The van der Waals surface area contributed by atoms with Crippen LogP contribution in [-0.2, 0) is 15.8 Å². The van der Waals surface area contributed by atoms with Crippen LogP contribution in [0.25, 0.3) is 11.3 Å². The number of aliphatic hydroxyl groups is 1. The zero-order valence-corrected chi connectivity index (χ0v) is 15.1. The summed E-state index contributed by atoms with van der Waals surface area (Å²) in [6.45, 7) is 1.58. The van der Waals surface area contributed by atoms with E-state index >= 15 is 0 Å². The van der Waals surface area contributed by atoms with E-state index in [9.17, 15) is 27.5 Å². The van der Waals surface area contributed by atoms with Crippen LogP contribution in [0.5, 0.6) is 5.75 Å². The highest BCUT2D eigenvalue weighted by Gasteiger charge is 2.56. The monoisotopic (exact) mass is 398 g/mol. The number of halogens is 4. The summed E-state index contributed by atoms with van der Waals surface area (Å²) in [7, 11) is 0. The zero-order valence-electron chi connectivity index (χ0n) is 15.1. The van der Waals surface area contributed by atoms with Gasteiger partial charge in [-0.1, -0.05) is 0 Å². The summed E-state index contributed by atoms with van der Waals surface area (Å²) >= 11 is 0. The summed E-state index contributed by atoms with van der Waals surface area (Å²) in [4.78, 5) is 16.2. The average molecular weight is 398 g/mol. The Balaban J connectivity index is 2.34. The number of nitrogens with zero attached hydrogens (tertiary/aromatic N) is 1. The molecule has 5 nitrogen and oxygen atoms in total. The molecule has 28 heavy (non-hydrogen) atoms. The fraction of sp³-hybridized carbons (Fsp3) is 0.368. The van der Waals surface area contributed by atoms with Crippen molar-refractivity contribution in [1.82, 2.24) is 4.98 Å². The molecule has 0 spiro atoms. The number of pyridine rings is 1. The SMILES string of the molecule is CC(=O)[C@@]1(C)COc2c1cc([C@@](O)(CN)C(F)(F)F)nc2-c1ccc(F)cc1. The van der Waals surface area contributed by atoms with E-state index in [0.29, 0.717) is 0 Å². The van der Waals surface area contributed by atoms with Gasteiger partial charge in [-0.15, -0.1) is 0 Å². The Hall–Kier alpha value is -2.52. The second-order valence-corrected chi connectivity index (χ2v) is 6.98. The van der Waals surface area contributed by atoms with E-state index < -0.39 is 35.2 Å². The highest BCUT2D eigenvalue weighted by molar-refractivity contribution is 5.91. The standard InChI is InChI=1S/C19H18F4N2O3/c1-10(26)17(2)9-28-16-13(17)7-14(18(27,8-24)19(21,22)23)25-15(16)11-3-5-12(20)6-4-11/h3-7,27H,8-9,24H2,1-2H3/t17-,18+/m1/s1. The predicted molar refractivity (Wildman–Crippen MR) is 92.2 cm³/mol. The molecule has 0 aliphatic carbocycles. The number of hydrogen-bond donors (Lipinski definition) is 2. The maximum Gasteiger partial charge on any atom is 0.424 e. The van der Waals surface area contributed by atoms with Crippen molar-refractivity contribution in [3.63, 3.8) is 0 Å². The van der Waals surface area contributed by atoms with E-state index in [2.05, 4.69) is 4.98 Å². The molecule has 0 amide bonds. The third kappa shape index (κ3) is 2.94. The highest BCUT2D eigenvalue weighted by atomic mass is 19.4. The molecule has 1 aliphatic rings. The molecule has 0 bridgehead atoms. The van der Waals surface area contributed by atoms with Crippen molar-refractivity contribution in [2.24, 2.45) is 5.73 Å². The van der Waals surface area contributed by atoms with E-state index in [1.165, 1.54) is 26.0 Å². The fourth-order valence-electron chi connectivity index (χ4n) is 3.06. The lowest BCUT2D eigenvalue weighted by molar-refractivity contribution is -0.263. The lowest BCUT2D eigenvalue weighted by Crippen LogP contribution is -2.49. The number of aromatic nitrogens is 1. The number of benzene rings is 1. The highest BCUT2D eigenvalue weighted by Crippen LogP contribution is 2.47. The normalized spacial score (nSPS) is 21.0. The summed E-state index contributed by atoms with van der Waals surface area (Å²) in [5.41, 5.74) is 0.264. The molecule has 150 valence electrons. The molecule has 0 fully saturated rings. The van der Waals surface area contributed by atoms with Gasteiger partial charge in [-0.3, -0.25) is 4.79 Å². The van der Waals surface area contributed by atoms with Crippen LogP contribution in [0.15, 0.2) is 30.3 Å². The first-order valence-corrected chi connectivity index (χ1v) is 8.39. The van der Waals surface area contributed by atoms with E-state index in [1.54, 1.807) is 0 Å². The lowest BCUT2D eigenvalue weighted by atomic mass is 9.79. The Bertz CT molecular complexity index is 930. The third-order valence-electron chi connectivity index (χ3n) is 5.16. The van der Waals surface area contributed by atoms with Gasteiger partial charge < -0.3 is 15.6 Å². The first-order valence-electron chi connectivity index (χ1n) is 8.39. The van der Waals surface area contributed by atoms with Crippen LogP contribution in [0.3, 0.4) is 0 Å². The molecular formula is C19H18F4N2O3. The van der Waals surface area contributed by atoms with Gasteiger partial charge in [0.25, 0.3) is 0 Å². The van der Waals surface area contributed by atoms with Crippen LogP contribution in [-0.4, -0.2) is 35.2 Å². The first kappa shape index (κ1) is 20.2. The van der Waals surface area contributed by atoms with E-state index in [1.807, 2.05) is 0 Å². The van der Waals surface area contributed by atoms with Crippen LogP contribution in [0.4, 0.5) is 17.6 Å². The number of ketones is 1. The maximum absolute atomic E-state index is 13.6. The van der Waals surface area contributed by atoms with Gasteiger partial charge in [0.15, 0.2) is 0 Å². The molecule has 0 radical (unpaired) electrons. The van der Waals surface area contributed by atoms with Gasteiger partial charge >= 0.3 is 6.18 Å². The van der Waals surface area contributed by atoms with Crippen molar-refractivity contribution in [1.29, 1.82) is 0 Å². The number of alkyl halides is 3. The number of fused-ring (bicyclic) bond motifs is 1. The van der Waals surface area contributed by atoms with Crippen LogP contribution in [0.2, 0.25) is 0 Å². The topological polar surface area (TPSA) is 85.4 Å². The molecule has 3 rings (SSSR count). The Morgan fingerprint density at radius 1 is 1.32 bits per heavy atom. The number of carbonyl (C=O) groups is 1. The maximum atomic E-state index is 13.6. The van der Waals surface area contributed by atoms with Gasteiger partial charge in [0.1, 0.15) is 29.7 Å².